The van der Waals surface area contributed by atoms with Crippen molar-refractivity contribution in [1.82, 2.24) is 4.67 Å². The van der Waals surface area contributed by atoms with Crippen LogP contribution in [-0.4, -0.2) is 28.8 Å². The van der Waals surface area contributed by atoms with Gasteiger partial charge in [0.25, 0.3) is 0 Å². The summed E-state index contributed by atoms with van der Waals surface area (Å²) in [5.41, 5.74) is 0.978. The summed E-state index contributed by atoms with van der Waals surface area (Å²) in [6.07, 6.45) is 1.07. The van der Waals surface area contributed by atoms with Crippen molar-refractivity contribution in [2.75, 3.05) is 13.1 Å². The molecule has 1 fully saturated rings. The number of benzene rings is 1. The molecule has 1 aliphatic rings. The summed E-state index contributed by atoms with van der Waals surface area (Å²) in [5.74, 6) is -1.08. The largest absolute Gasteiger partial charge is 0.616 e. The molecule has 0 saturated carbocycles. The maximum atomic E-state index is 12.0. The van der Waals surface area contributed by atoms with E-state index in [1.165, 1.54) is 0 Å². The van der Waals surface area contributed by atoms with E-state index in [0.717, 1.165) is 5.56 Å². The van der Waals surface area contributed by atoms with Gasteiger partial charge in [-0.1, -0.05) is 35.0 Å². The standard InChI is InChI=1S/C13H16NO4P/c15-13(16)12-6-8-14(9-7-12)19(17)18-10-11-4-2-1-3-5-11/h1-5,12H,6-10H2/p+1. The highest BCUT2D eigenvalue weighted by Crippen LogP contribution is 2.34. The van der Waals surface area contributed by atoms with Crippen LogP contribution in [0.25, 0.3) is 0 Å². The quantitative estimate of drug-likeness (QED) is 0.841. The third kappa shape index (κ3) is 4.10. The summed E-state index contributed by atoms with van der Waals surface area (Å²) in [4.78, 5) is 10.8. The van der Waals surface area contributed by atoms with Crippen LogP contribution in [0.2, 0.25) is 0 Å². The molecular weight excluding hydrogens is 265 g/mol. The average Bonchev–Trinajstić information content (AvgIpc) is 2.46. The van der Waals surface area contributed by atoms with Crippen molar-refractivity contribution in [3.8, 4) is 0 Å². The highest BCUT2D eigenvalue weighted by atomic mass is 31.1. The molecule has 1 unspecified atom stereocenters. The SMILES string of the molecule is O=C(O)C1CCN([P+](=O)OCc2ccccc2)CC1. The second kappa shape index (κ2) is 6.75. The fraction of sp³-hybridized carbons (Fsp3) is 0.462. The summed E-state index contributed by atoms with van der Waals surface area (Å²) in [6, 6.07) is 9.56. The van der Waals surface area contributed by atoms with E-state index in [1.54, 1.807) is 4.67 Å². The Kier molecular flexibility index (Phi) is 5.02. The fourth-order valence-electron chi connectivity index (χ4n) is 2.06. The van der Waals surface area contributed by atoms with Gasteiger partial charge in [0.15, 0.2) is 0 Å². The van der Waals surface area contributed by atoms with Crippen molar-refractivity contribution in [1.29, 1.82) is 0 Å². The van der Waals surface area contributed by atoms with E-state index in [1.807, 2.05) is 30.3 Å². The zero-order valence-electron chi connectivity index (χ0n) is 10.6. The Hall–Kier alpha value is -1.29. The van der Waals surface area contributed by atoms with Crippen LogP contribution in [0.1, 0.15) is 18.4 Å². The number of carboxylic acids is 1. The molecule has 2 rings (SSSR count). The molecule has 6 heteroatoms. The van der Waals surface area contributed by atoms with Crippen LogP contribution in [0.3, 0.4) is 0 Å². The van der Waals surface area contributed by atoms with Gasteiger partial charge in [0, 0.05) is 13.1 Å². The zero-order chi connectivity index (χ0) is 13.7. The number of carbonyl (C=O) groups is 1. The summed E-state index contributed by atoms with van der Waals surface area (Å²) < 4.78 is 19.0. The lowest BCUT2D eigenvalue weighted by atomic mass is 9.99. The van der Waals surface area contributed by atoms with Crippen molar-refractivity contribution in [2.45, 2.75) is 19.4 Å². The Morgan fingerprint density at radius 1 is 1.32 bits per heavy atom. The molecule has 0 amide bonds. The number of aliphatic carboxylic acids is 1. The molecule has 0 bridgehead atoms. The third-order valence-corrected chi connectivity index (χ3v) is 4.45. The number of rotatable bonds is 5. The number of hydrogen-bond acceptors (Lipinski definition) is 3. The first-order valence-corrected chi connectivity index (χ1v) is 7.41. The second-order valence-corrected chi connectivity index (χ2v) is 5.86. The molecule has 1 N–H and O–H groups in total. The van der Waals surface area contributed by atoms with Gasteiger partial charge in [-0.3, -0.25) is 4.79 Å². The molecular formula is C13H17NO4P+. The van der Waals surface area contributed by atoms with Crippen LogP contribution < -0.4 is 0 Å². The van der Waals surface area contributed by atoms with E-state index in [0.29, 0.717) is 32.5 Å². The van der Waals surface area contributed by atoms with Crippen LogP contribution in [0.5, 0.6) is 0 Å². The zero-order valence-corrected chi connectivity index (χ0v) is 11.5. The number of nitrogens with zero attached hydrogens (tertiary/aromatic N) is 1. The summed E-state index contributed by atoms with van der Waals surface area (Å²) >= 11 is 0. The first-order valence-electron chi connectivity index (χ1n) is 6.28. The summed E-state index contributed by atoms with van der Waals surface area (Å²) in [5, 5.41) is 8.89. The highest BCUT2D eigenvalue weighted by Gasteiger charge is 2.36. The van der Waals surface area contributed by atoms with Crippen LogP contribution in [0.4, 0.5) is 0 Å². The van der Waals surface area contributed by atoms with Crippen molar-refractivity contribution in [3.63, 3.8) is 0 Å². The molecule has 0 aromatic heterocycles. The summed E-state index contributed by atoms with van der Waals surface area (Å²) in [6.45, 7) is 1.34. The maximum absolute atomic E-state index is 12.0. The van der Waals surface area contributed by atoms with Gasteiger partial charge in [0.2, 0.25) is 0 Å². The summed E-state index contributed by atoms with van der Waals surface area (Å²) in [7, 11) is -1.87. The molecule has 5 nitrogen and oxygen atoms in total. The molecule has 0 aliphatic carbocycles. The van der Waals surface area contributed by atoms with Crippen LogP contribution >= 0.6 is 8.18 Å². The molecule has 1 heterocycles. The molecule has 1 aromatic rings. The van der Waals surface area contributed by atoms with E-state index in [9.17, 15) is 9.36 Å². The number of hydrogen-bond donors (Lipinski definition) is 1. The number of carboxylic acid groups (broad SMARTS) is 1. The van der Waals surface area contributed by atoms with Gasteiger partial charge in [0.05, 0.1) is 5.92 Å². The predicted octanol–water partition coefficient (Wildman–Crippen LogP) is 2.66. The first kappa shape index (κ1) is 14.1. The first-order chi connectivity index (χ1) is 9.16. The van der Waals surface area contributed by atoms with Gasteiger partial charge >= 0.3 is 14.1 Å². The Morgan fingerprint density at radius 3 is 2.53 bits per heavy atom. The van der Waals surface area contributed by atoms with Crippen LogP contribution in [0.15, 0.2) is 30.3 Å². The van der Waals surface area contributed by atoms with E-state index in [4.69, 9.17) is 9.63 Å². The molecule has 0 radical (unpaired) electrons. The van der Waals surface area contributed by atoms with Gasteiger partial charge in [-0.15, -0.1) is 4.52 Å². The predicted molar refractivity (Wildman–Crippen MR) is 70.8 cm³/mol. The highest BCUT2D eigenvalue weighted by molar-refractivity contribution is 7.36. The van der Waals surface area contributed by atoms with Gasteiger partial charge in [-0.2, -0.15) is 0 Å². The second-order valence-electron chi connectivity index (χ2n) is 4.56. The van der Waals surface area contributed by atoms with Crippen LogP contribution in [-0.2, 0) is 20.5 Å². The number of piperidine rings is 1. The third-order valence-electron chi connectivity index (χ3n) is 3.24. The minimum Gasteiger partial charge on any atom is -0.481 e. The van der Waals surface area contributed by atoms with Gasteiger partial charge in [-0.05, 0) is 23.0 Å². The van der Waals surface area contributed by atoms with Crippen LogP contribution in [0, 0.1) is 5.92 Å². The Balaban J connectivity index is 1.77. The van der Waals surface area contributed by atoms with Gasteiger partial charge in [-0.25, -0.2) is 0 Å². The minimum atomic E-state index is -1.87. The molecule has 1 aromatic carbocycles. The van der Waals surface area contributed by atoms with Gasteiger partial charge < -0.3 is 5.11 Å². The van der Waals surface area contributed by atoms with Crippen molar-refractivity contribution in [2.24, 2.45) is 5.92 Å². The smallest absolute Gasteiger partial charge is 0.481 e. The van der Waals surface area contributed by atoms with E-state index in [2.05, 4.69) is 0 Å². The average molecular weight is 282 g/mol. The topological polar surface area (TPSA) is 66.8 Å². The molecule has 102 valence electrons. The normalized spacial score (nSPS) is 18.2. The molecule has 1 atom stereocenters. The lowest BCUT2D eigenvalue weighted by Gasteiger charge is -2.20. The van der Waals surface area contributed by atoms with Gasteiger partial charge in [0.1, 0.15) is 6.61 Å². The van der Waals surface area contributed by atoms with E-state index < -0.39 is 14.1 Å². The van der Waals surface area contributed by atoms with Crippen molar-refractivity contribution in [3.05, 3.63) is 35.9 Å². The fourth-order valence-corrected chi connectivity index (χ4v) is 3.04. The molecule has 19 heavy (non-hydrogen) atoms. The van der Waals surface area contributed by atoms with Crippen molar-refractivity contribution < 1.29 is 19.0 Å². The monoisotopic (exact) mass is 282 g/mol. The lowest BCUT2D eigenvalue weighted by Crippen LogP contribution is -2.32. The minimum absolute atomic E-state index is 0.311. The van der Waals surface area contributed by atoms with E-state index >= 15 is 0 Å². The molecule has 1 saturated heterocycles. The Morgan fingerprint density at radius 2 is 1.95 bits per heavy atom. The molecule has 1 aliphatic heterocycles. The maximum Gasteiger partial charge on any atom is 0.616 e. The Labute approximate surface area is 113 Å². The molecule has 0 spiro atoms. The Bertz CT molecular complexity index is 443. The lowest BCUT2D eigenvalue weighted by molar-refractivity contribution is -0.142. The van der Waals surface area contributed by atoms with Crippen molar-refractivity contribution >= 4 is 14.1 Å². The van der Waals surface area contributed by atoms with E-state index in [-0.39, 0.29) is 5.92 Å².